The molecule has 2 amide bonds. The van der Waals surface area contributed by atoms with Crippen LogP contribution >= 0.6 is 0 Å². The molecule has 1 fully saturated rings. The van der Waals surface area contributed by atoms with Crippen molar-refractivity contribution in [2.24, 2.45) is 5.92 Å². The van der Waals surface area contributed by atoms with Gasteiger partial charge in [0.1, 0.15) is 0 Å². The average molecular weight is 404 g/mol. The Kier molecular flexibility index (Phi) is 6.97. The van der Waals surface area contributed by atoms with Crippen LogP contribution in [0.3, 0.4) is 0 Å². The summed E-state index contributed by atoms with van der Waals surface area (Å²) in [6.07, 6.45) is 5.76. The van der Waals surface area contributed by atoms with Crippen molar-refractivity contribution < 1.29 is 18.0 Å². The normalized spacial score (nSPS) is 15.8. The third-order valence-corrected chi connectivity index (χ3v) is 6.49. The number of carbonyl (C=O) groups is 2. The number of sulfone groups is 1. The zero-order valence-corrected chi connectivity index (χ0v) is 16.9. The van der Waals surface area contributed by atoms with Crippen molar-refractivity contribution in [3.8, 4) is 6.07 Å². The molecule has 1 aliphatic carbocycles. The van der Waals surface area contributed by atoms with Crippen molar-refractivity contribution in [1.82, 2.24) is 10.9 Å². The van der Waals surface area contributed by atoms with Gasteiger partial charge in [-0.15, -0.1) is 0 Å². The Morgan fingerprint density at radius 3 is 2.29 bits per heavy atom. The second kappa shape index (κ2) is 9.02. The second-order valence-corrected chi connectivity index (χ2v) is 9.24. The van der Waals surface area contributed by atoms with Crippen molar-refractivity contribution >= 4 is 21.7 Å². The van der Waals surface area contributed by atoms with Crippen LogP contribution in [-0.4, -0.2) is 20.2 Å². The van der Waals surface area contributed by atoms with Crippen LogP contribution < -0.4 is 10.9 Å². The number of hydrazine groups is 1. The largest absolute Gasteiger partial charge is 0.273 e. The fourth-order valence-electron chi connectivity index (χ4n) is 3.13. The molecule has 0 unspecified atom stereocenters. The van der Waals surface area contributed by atoms with Gasteiger partial charge in [-0.3, -0.25) is 20.4 Å². The van der Waals surface area contributed by atoms with Gasteiger partial charge in [-0.1, -0.05) is 31.4 Å². The Morgan fingerprint density at radius 1 is 1.11 bits per heavy atom. The van der Waals surface area contributed by atoms with Crippen LogP contribution in [0.15, 0.2) is 40.6 Å². The highest BCUT2D eigenvalue weighted by atomic mass is 32.2. The van der Waals surface area contributed by atoms with Gasteiger partial charge < -0.3 is 0 Å². The molecular formula is C20H25N3O4S. The van der Waals surface area contributed by atoms with Crippen LogP contribution in [0.4, 0.5) is 0 Å². The van der Waals surface area contributed by atoms with Gasteiger partial charge >= 0.3 is 0 Å². The lowest BCUT2D eigenvalue weighted by Gasteiger charge is -2.26. The number of nitrogens with zero attached hydrogens (tertiary/aromatic N) is 1. The fourth-order valence-corrected chi connectivity index (χ4v) is 4.04. The molecule has 2 N–H and O–H groups in total. The molecule has 1 aromatic carbocycles. The highest BCUT2D eigenvalue weighted by molar-refractivity contribution is 7.94. The van der Waals surface area contributed by atoms with Crippen molar-refractivity contribution in [2.75, 3.05) is 0 Å². The number of rotatable bonds is 5. The van der Waals surface area contributed by atoms with Crippen molar-refractivity contribution in [3.63, 3.8) is 0 Å². The van der Waals surface area contributed by atoms with E-state index in [0.29, 0.717) is 5.56 Å². The van der Waals surface area contributed by atoms with Crippen molar-refractivity contribution in [1.29, 1.82) is 5.26 Å². The molecule has 8 heteroatoms. The summed E-state index contributed by atoms with van der Waals surface area (Å²) in [6.45, 7) is 3.38. The number of nitriles is 1. The second-order valence-electron chi connectivity index (χ2n) is 7.40. The summed E-state index contributed by atoms with van der Waals surface area (Å²) in [5.74, 6) is -0.630. The molecule has 0 spiro atoms. The number of hydrogen-bond donors (Lipinski definition) is 2. The van der Waals surface area contributed by atoms with E-state index >= 15 is 0 Å². The molecule has 1 saturated carbocycles. The number of nitrogens with one attached hydrogen (secondary N) is 2. The average Bonchev–Trinajstić information content (AvgIpc) is 2.70. The minimum atomic E-state index is -3.70. The number of allylic oxidation sites excluding steroid dienone is 1. The van der Waals surface area contributed by atoms with Gasteiger partial charge in [0, 0.05) is 17.4 Å². The molecule has 0 atom stereocenters. The minimum Gasteiger partial charge on any atom is -0.273 e. The summed E-state index contributed by atoms with van der Waals surface area (Å²) in [4.78, 5) is 24.8. The predicted octanol–water partition coefficient (Wildman–Crippen LogP) is 2.50. The zero-order valence-electron chi connectivity index (χ0n) is 16.1. The van der Waals surface area contributed by atoms with Crippen molar-refractivity contribution in [2.45, 2.75) is 56.3 Å². The monoisotopic (exact) mass is 403 g/mol. The van der Waals surface area contributed by atoms with Crippen LogP contribution in [0.5, 0.6) is 0 Å². The maximum absolute atomic E-state index is 12.6. The summed E-state index contributed by atoms with van der Waals surface area (Å²) in [5.41, 5.74) is 4.62. The van der Waals surface area contributed by atoms with Gasteiger partial charge in [-0.25, -0.2) is 8.42 Å². The van der Waals surface area contributed by atoms with E-state index < -0.39 is 21.2 Å². The third kappa shape index (κ3) is 5.20. The molecule has 28 heavy (non-hydrogen) atoms. The number of hydrogen-bond acceptors (Lipinski definition) is 5. The van der Waals surface area contributed by atoms with E-state index in [9.17, 15) is 18.0 Å². The Hall–Kier alpha value is -2.66. The van der Waals surface area contributed by atoms with Crippen LogP contribution in [0.25, 0.3) is 0 Å². The maximum atomic E-state index is 12.6. The molecule has 7 nitrogen and oxygen atoms in total. The summed E-state index contributed by atoms with van der Waals surface area (Å²) in [5, 5.41) is 9.32. The highest BCUT2D eigenvalue weighted by Gasteiger charge is 2.31. The molecule has 1 aromatic rings. The molecule has 2 rings (SSSR count). The summed E-state index contributed by atoms with van der Waals surface area (Å²) >= 11 is 0. The van der Waals surface area contributed by atoms with E-state index in [1.165, 1.54) is 12.1 Å². The molecule has 0 heterocycles. The highest BCUT2D eigenvalue weighted by Crippen LogP contribution is 2.26. The molecule has 1 aliphatic rings. The number of carbonyl (C=O) groups excluding carboxylic acids is 2. The van der Waals surface area contributed by atoms with Gasteiger partial charge in [-0.05, 0) is 44.4 Å². The lowest BCUT2D eigenvalue weighted by molar-refractivity contribution is -0.133. The van der Waals surface area contributed by atoms with E-state index in [0.717, 1.165) is 43.6 Å². The Morgan fingerprint density at radius 2 is 1.71 bits per heavy atom. The minimum absolute atomic E-state index is 0.0320. The van der Waals surface area contributed by atoms with Crippen LogP contribution in [-0.2, 0) is 24.8 Å². The van der Waals surface area contributed by atoms with Crippen LogP contribution in [0.1, 0.15) is 51.5 Å². The Balaban J connectivity index is 2.04. The Bertz CT molecular complexity index is 890. The van der Waals surface area contributed by atoms with Gasteiger partial charge in [0.15, 0.2) is 0 Å². The Labute approximate surface area is 165 Å². The maximum Gasteiger partial charge on any atom is 0.248 e. The molecule has 0 aromatic heterocycles. The van der Waals surface area contributed by atoms with E-state index in [4.69, 9.17) is 5.26 Å². The predicted molar refractivity (Wildman–Crippen MR) is 104 cm³/mol. The SMILES string of the molecule is CC(C)(C(=O)NNC(=O)C1CCCCC1)c1ccc(S(=O)(=O)/C=C/C#N)cc1. The number of benzene rings is 1. The summed E-state index contributed by atoms with van der Waals surface area (Å²) in [6, 6.07) is 7.53. The molecule has 150 valence electrons. The first-order valence-electron chi connectivity index (χ1n) is 9.20. The molecule has 0 radical (unpaired) electrons. The molecule has 0 bridgehead atoms. The van der Waals surface area contributed by atoms with Crippen LogP contribution in [0, 0.1) is 17.2 Å². The van der Waals surface area contributed by atoms with Crippen LogP contribution in [0.2, 0.25) is 0 Å². The molecule has 0 saturated heterocycles. The van der Waals surface area contributed by atoms with Gasteiger partial charge in [0.05, 0.1) is 16.4 Å². The van der Waals surface area contributed by atoms with Gasteiger partial charge in [0.25, 0.3) is 0 Å². The summed E-state index contributed by atoms with van der Waals surface area (Å²) < 4.78 is 24.1. The van der Waals surface area contributed by atoms with Crippen molar-refractivity contribution in [3.05, 3.63) is 41.3 Å². The summed E-state index contributed by atoms with van der Waals surface area (Å²) in [7, 11) is -3.70. The standard InChI is InChI=1S/C20H25N3O4S/c1-20(2,19(25)23-22-18(24)15-7-4-3-5-8-15)16-9-11-17(12-10-16)28(26,27)14-6-13-21/h6,9-12,14-15H,3-5,7-8H2,1-2H3,(H,22,24)(H,23,25)/b14-6+. The first kappa shape index (κ1) is 21.6. The van der Waals surface area contributed by atoms with Gasteiger partial charge in [0.2, 0.25) is 21.7 Å². The lowest BCUT2D eigenvalue weighted by atomic mass is 9.84. The van der Waals surface area contributed by atoms with E-state index in [1.807, 2.05) is 0 Å². The topological polar surface area (TPSA) is 116 Å². The lowest BCUT2D eigenvalue weighted by Crippen LogP contribution is -2.50. The zero-order chi connectivity index (χ0) is 20.8. The van der Waals surface area contributed by atoms with E-state index in [2.05, 4.69) is 10.9 Å². The van der Waals surface area contributed by atoms with E-state index in [1.54, 1.807) is 32.0 Å². The van der Waals surface area contributed by atoms with E-state index in [-0.39, 0.29) is 16.7 Å². The quantitative estimate of drug-likeness (QED) is 0.579. The fraction of sp³-hybridized carbons (Fsp3) is 0.450. The molecule has 0 aliphatic heterocycles. The molecular weight excluding hydrogens is 378 g/mol. The first-order chi connectivity index (χ1) is 13.2. The number of amides is 2. The smallest absolute Gasteiger partial charge is 0.248 e. The van der Waals surface area contributed by atoms with Gasteiger partial charge in [-0.2, -0.15) is 5.26 Å². The first-order valence-corrected chi connectivity index (χ1v) is 10.7. The third-order valence-electron chi connectivity index (χ3n) is 5.07.